The van der Waals surface area contributed by atoms with E-state index < -0.39 is 11.7 Å². The van der Waals surface area contributed by atoms with Crippen LogP contribution in [0.5, 0.6) is 11.5 Å². The van der Waals surface area contributed by atoms with E-state index in [1.165, 1.54) is 44.4 Å². The van der Waals surface area contributed by atoms with Crippen molar-refractivity contribution in [1.82, 2.24) is 0 Å². The Labute approximate surface area is 143 Å². The summed E-state index contributed by atoms with van der Waals surface area (Å²) < 4.78 is 24.2. The highest BCUT2D eigenvalue weighted by molar-refractivity contribution is 6.31. The minimum atomic E-state index is -0.712. The van der Waals surface area contributed by atoms with Crippen LogP contribution in [0.3, 0.4) is 0 Å². The van der Waals surface area contributed by atoms with Crippen LogP contribution in [0.2, 0.25) is 5.02 Å². The van der Waals surface area contributed by atoms with Gasteiger partial charge in [-0.15, -0.1) is 0 Å². The molecule has 0 unspecified atom stereocenters. The van der Waals surface area contributed by atoms with Crippen molar-refractivity contribution in [3.8, 4) is 11.5 Å². The Morgan fingerprint density at radius 2 is 1.96 bits per heavy atom. The van der Waals surface area contributed by atoms with Gasteiger partial charge in [0.2, 0.25) is 0 Å². The first-order valence-electron chi connectivity index (χ1n) is 6.98. The summed E-state index contributed by atoms with van der Waals surface area (Å²) in [6.07, 6.45) is 0. The summed E-state index contributed by atoms with van der Waals surface area (Å²) in [5.41, 5.74) is 0.430. The predicted molar refractivity (Wildman–Crippen MR) is 88.5 cm³/mol. The first-order chi connectivity index (χ1) is 11.4. The molecular weight excluding hydrogens is 337 g/mol. The number of benzene rings is 2. The van der Waals surface area contributed by atoms with E-state index >= 15 is 0 Å². The second kappa shape index (κ2) is 7.79. The lowest BCUT2D eigenvalue weighted by Gasteiger charge is -2.12. The highest BCUT2D eigenvalue weighted by Crippen LogP contribution is 2.28. The molecule has 2 rings (SSSR count). The van der Waals surface area contributed by atoms with Gasteiger partial charge in [-0.1, -0.05) is 17.7 Å². The van der Waals surface area contributed by atoms with Gasteiger partial charge in [-0.3, -0.25) is 9.59 Å². The third-order valence-electron chi connectivity index (χ3n) is 3.15. The Hall–Kier alpha value is -2.60. The van der Waals surface area contributed by atoms with Crippen LogP contribution in [0, 0.1) is 5.82 Å². The van der Waals surface area contributed by atoms with Crippen molar-refractivity contribution in [3.05, 3.63) is 52.8 Å². The number of ketones is 1. The van der Waals surface area contributed by atoms with Crippen LogP contribution in [-0.2, 0) is 4.79 Å². The van der Waals surface area contributed by atoms with Crippen molar-refractivity contribution in [1.29, 1.82) is 0 Å². The topological polar surface area (TPSA) is 64.6 Å². The van der Waals surface area contributed by atoms with Gasteiger partial charge in [0, 0.05) is 5.56 Å². The lowest BCUT2D eigenvalue weighted by molar-refractivity contribution is -0.118. The molecular formula is C17H15ClFNO4. The Kier molecular flexibility index (Phi) is 5.76. The lowest BCUT2D eigenvalue weighted by Crippen LogP contribution is -2.21. The average Bonchev–Trinajstić information content (AvgIpc) is 2.56. The van der Waals surface area contributed by atoms with Crippen molar-refractivity contribution in [2.45, 2.75) is 6.92 Å². The van der Waals surface area contributed by atoms with Gasteiger partial charge in [-0.2, -0.15) is 0 Å². The van der Waals surface area contributed by atoms with Gasteiger partial charge in [0.1, 0.15) is 0 Å². The van der Waals surface area contributed by atoms with E-state index in [1.807, 2.05) is 0 Å². The summed E-state index contributed by atoms with van der Waals surface area (Å²) in [7, 11) is 1.42. The molecule has 0 aliphatic rings. The molecule has 5 nitrogen and oxygen atoms in total. The second-order valence-electron chi connectivity index (χ2n) is 4.86. The number of methoxy groups -OCH3 is 1. The quantitative estimate of drug-likeness (QED) is 0.806. The van der Waals surface area contributed by atoms with Crippen molar-refractivity contribution in [2.24, 2.45) is 0 Å². The Morgan fingerprint density at radius 1 is 1.21 bits per heavy atom. The number of carbonyl (C=O) groups is 2. The molecule has 2 aromatic rings. The molecule has 2 aromatic carbocycles. The van der Waals surface area contributed by atoms with Crippen molar-refractivity contribution >= 4 is 29.0 Å². The van der Waals surface area contributed by atoms with Crippen LogP contribution < -0.4 is 14.8 Å². The molecule has 126 valence electrons. The van der Waals surface area contributed by atoms with Crippen LogP contribution in [0.15, 0.2) is 36.4 Å². The van der Waals surface area contributed by atoms with Crippen LogP contribution in [0.1, 0.15) is 17.3 Å². The highest BCUT2D eigenvalue weighted by Gasteiger charge is 2.13. The van der Waals surface area contributed by atoms with Crippen LogP contribution >= 0.6 is 11.6 Å². The van der Waals surface area contributed by atoms with E-state index in [9.17, 15) is 14.0 Å². The fourth-order valence-corrected chi connectivity index (χ4v) is 2.11. The minimum absolute atomic E-state index is 0.0324. The van der Waals surface area contributed by atoms with Gasteiger partial charge in [-0.25, -0.2) is 4.39 Å². The Bertz CT molecular complexity index is 779. The highest BCUT2D eigenvalue weighted by atomic mass is 35.5. The van der Waals surface area contributed by atoms with Crippen LogP contribution in [0.4, 0.5) is 10.1 Å². The fourth-order valence-electron chi connectivity index (χ4n) is 1.94. The van der Waals surface area contributed by atoms with Crippen LogP contribution in [-0.4, -0.2) is 25.4 Å². The molecule has 0 aliphatic heterocycles. The summed E-state index contributed by atoms with van der Waals surface area (Å²) in [6, 6.07) is 8.90. The molecule has 1 amide bonds. The third kappa shape index (κ3) is 4.23. The number of rotatable bonds is 6. The molecule has 7 heteroatoms. The second-order valence-corrected chi connectivity index (χ2v) is 5.27. The monoisotopic (exact) mass is 351 g/mol. The van der Waals surface area contributed by atoms with E-state index in [4.69, 9.17) is 21.1 Å². The number of nitrogens with one attached hydrogen (secondary N) is 1. The summed E-state index contributed by atoms with van der Waals surface area (Å²) in [4.78, 5) is 23.2. The average molecular weight is 352 g/mol. The van der Waals surface area contributed by atoms with E-state index in [-0.39, 0.29) is 23.1 Å². The molecule has 0 saturated heterocycles. The van der Waals surface area contributed by atoms with Gasteiger partial charge in [0.05, 0.1) is 17.8 Å². The van der Waals surface area contributed by atoms with Crippen LogP contribution in [0.25, 0.3) is 0 Å². The first-order valence-corrected chi connectivity index (χ1v) is 7.35. The van der Waals surface area contributed by atoms with Gasteiger partial charge < -0.3 is 14.8 Å². The maximum atomic E-state index is 13.7. The largest absolute Gasteiger partial charge is 0.493 e. The molecule has 0 saturated carbocycles. The van der Waals surface area contributed by atoms with Gasteiger partial charge >= 0.3 is 0 Å². The van der Waals surface area contributed by atoms with Crippen molar-refractivity contribution in [2.75, 3.05) is 19.0 Å². The smallest absolute Gasteiger partial charge is 0.262 e. The zero-order valence-electron chi connectivity index (χ0n) is 13.1. The molecule has 0 spiro atoms. The number of ether oxygens (including phenoxy) is 2. The minimum Gasteiger partial charge on any atom is -0.493 e. The van der Waals surface area contributed by atoms with Gasteiger partial charge in [0.25, 0.3) is 5.91 Å². The van der Waals surface area contributed by atoms with E-state index in [1.54, 1.807) is 6.07 Å². The first kappa shape index (κ1) is 17.7. The number of hydrogen-bond donors (Lipinski definition) is 1. The molecule has 0 aliphatic carbocycles. The third-order valence-corrected chi connectivity index (χ3v) is 3.45. The van der Waals surface area contributed by atoms with E-state index in [0.29, 0.717) is 17.1 Å². The maximum Gasteiger partial charge on any atom is 0.262 e. The normalized spacial score (nSPS) is 10.2. The van der Waals surface area contributed by atoms with E-state index in [2.05, 4.69) is 5.32 Å². The lowest BCUT2D eigenvalue weighted by atomic mass is 10.1. The van der Waals surface area contributed by atoms with E-state index in [0.717, 1.165) is 0 Å². The molecule has 0 fully saturated rings. The number of hydrogen-bond acceptors (Lipinski definition) is 4. The van der Waals surface area contributed by atoms with Crippen molar-refractivity contribution in [3.63, 3.8) is 0 Å². The predicted octanol–water partition coefficient (Wildman–Crippen LogP) is 3.71. The molecule has 0 heterocycles. The number of amides is 1. The number of anilines is 1. The molecule has 1 N–H and O–H groups in total. The summed E-state index contributed by atoms with van der Waals surface area (Å²) >= 11 is 5.65. The zero-order chi connectivity index (χ0) is 17.7. The summed E-state index contributed by atoms with van der Waals surface area (Å²) in [5, 5.41) is 2.28. The van der Waals surface area contributed by atoms with Crippen molar-refractivity contribution < 1.29 is 23.5 Å². The molecule has 0 aromatic heterocycles. The summed E-state index contributed by atoms with van der Waals surface area (Å²) in [6.45, 7) is 1.07. The fraction of sp³-hybridized carbons (Fsp3) is 0.176. The Balaban J connectivity index is 2.04. The Morgan fingerprint density at radius 3 is 2.62 bits per heavy atom. The molecule has 0 atom stereocenters. The SMILES string of the molecule is COc1cc(C(C)=O)ccc1OCC(=O)Nc1cccc(Cl)c1F. The molecule has 0 radical (unpaired) electrons. The molecule has 0 bridgehead atoms. The number of halogens is 2. The maximum absolute atomic E-state index is 13.7. The number of Topliss-reactive ketones (excluding diaryl/α,β-unsaturated/α-hetero) is 1. The summed E-state index contributed by atoms with van der Waals surface area (Å²) in [5.74, 6) is -0.771. The zero-order valence-corrected chi connectivity index (χ0v) is 13.8. The molecule has 24 heavy (non-hydrogen) atoms. The standard InChI is InChI=1S/C17H15ClFNO4/c1-10(21)11-6-7-14(15(8-11)23-2)24-9-16(22)20-13-5-3-4-12(18)17(13)19/h3-8H,9H2,1-2H3,(H,20,22). The number of carbonyl (C=O) groups excluding carboxylic acids is 2. The van der Waals surface area contributed by atoms with Gasteiger partial charge in [-0.05, 0) is 37.3 Å². The van der Waals surface area contributed by atoms with Gasteiger partial charge in [0.15, 0.2) is 29.7 Å².